The normalized spacial score (nSPS) is 10.2. The van der Waals surface area contributed by atoms with Crippen LogP contribution in [0.25, 0.3) is 0 Å². The van der Waals surface area contributed by atoms with Crippen molar-refractivity contribution >= 4 is 12.4 Å². The van der Waals surface area contributed by atoms with Crippen LogP contribution < -0.4 is 10.1 Å². The molecule has 0 amide bonds. The predicted octanol–water partition coefficient (Wildman–Crippen LogP) is 2.78. The lowest BCUT2D eigenvalue weighted by Gasteiger charge is -2.07. The topological polar surface area (TPSA) is 50.7 Å². The highest BCUT2D eigenvalue weighted by Gasteiger charge is 1.96. The minimum Gasteiger partial charge on any atom is -0.491 e. The van der Waals surface area contributed by atoms with Crippen LogP contribution >= 0.6 is 12.4 Å². The Kier molecular flexibility index (Phi) is 13.6. The van der Waals surface area contributed by atoms with Crippen molar-refractivity contribution in [3.05, 3.63) is 29.8 Å². The lowest BCUT2D eigenvalue weighted by molar-refractivity contribution is 0.129. The van der Waals surface area contributed by atoms with E-state index >= 15 is 0 Å². The minimum absolute atomic E-state index is 0. The van der Waals surface area contributed by atoms with E-state index in [1.807, 2.05) is 24.3 Å². The molecule has 1 aromatic carbocycles. The van der Waals surface area contributed by atoms with Crippen molar-refractivity contribution in [1.82, 2.24) is 5.32 Å². The molecule has 0 aliphatic carbocycles. The molecule has 2 N–H and O–H groups in total. The van der Waals surface area contributed by atoms with E-state index < -0.39 is 0 Å². The number of hydrogen-bond acceptors (Lipinski definition) is 4. The van der Waals surface area contributed by atoms with Gasteiger partial charge in [0.2, 0.25) is 0 Å². The Morgan fingerprint density at radius 2 is 1.76 bits per heavy atom. The molecule has 5 heteroatoms. The fraction of sp³-hybridized carbons (Fsp3) is 0.625. The molecular formula is C16H28ClNO3. The van der Waals surface area contributed by atoms with Gasteiger partial charge in [-0.1, -0.05) is 25.5 Å². The summed E-state index contributed by atoms with van der Waals surface area (Å²) in [6, 6.07) is 7.94. The summed E-state index contributed by atoms with van der Waals surface area (Å²) in [6.07, 6.45) is 3.38. The molecule has 1 aromatic rings. The summed E-state index contributed by atoms with van der Waals surface area (Å²) in [4.78, 5) is 0. The van der Waals surface area contributed by atoms with Crippen molar-refractivity contribution in [3.8, 4) is 5.75 Å². The second-order valence-corrected chi connectivity index (χ2v) is 4.71. The van der Waals surface area contributed by atoms with Crippen LogP contribution in [0.1, 0.15) is 31.7 Å². The molecule has 0 aliphatic rings. The minimum atomic E-state index is 0. The average Bonchev–Trinajstić information content (AvgIpc) is 2.49. The van der Waals surface area contributed by atoms with Crippen molar-refractivity contribution < 1.29 is 14.6 Å². The molecule has 0 fully saturated rings. The Morgan fingerprint density at radius 3 is 2.43 bits per heavy atom. The number of aliphatic hydroxyl groups excluding tert-OH is 1. The van der Waals surface area contributed by atoms with E-state index in [2.05, 4.69) is 12.2 Å². The lowest BCUT2D eigenvalue weighted by atomic mass is 10.2. The third-order valence-electron chi connectivity index (χ3n) is 2.90. The summed E-state index contributed by atoms with van der Waals surface area (Å²) in [5.41, 5.74) is 1.23. The summed E-state index contributed by atoms with van der Waals surface area (Å²) >= 11 is 0. The number of benzene rings is 1. The van der Waals surface area contributed by atoms with Crippen LogP contribution in [0.2, 0.25) is 0 Å². The molecule has 0 atom stereocenters. The van der Waals surface area contributed by atoms with Crippen LogP contribution in [-0.4, -0.2) is 38.1 Å². The molecule has 0 aliphatic heterocycles. The van der Waals surface area contributed by atoms with Crippen molar-refractivity contribution in [2.24, 2.45) is 0 Å². The number of unbranched alkanes of at least 4 members (excludes halogenated alkanes) is 1. The average molecular weight is 318 g/mol. The van der Waals surface area contributed by atoms with Crippen LogP contribution in [0.4, 0.5) is 0 Å². The van der Waals surface area contributed by atoms with Gasteiger partial charge in [0.05, 0.1) is 6.61 Å². The van der Waals surface area contributed by atoms with Crippen LogP contribution in [0, 0.1) is 0 Å². The summed E-state index contributed by atoms with van der Waals surface area (Å²) in [6.45, 7) is 6.10. The first-order valence-corrected chi connectivity index (χ1v) is 7.48. The fourth-order valence-corrected chi connectivity index (χ4v) is 1.75. The Bertz CT molecular complexity index is 333. The fourth-order valence-electron chi connectivity index (χ4n) is 1.75. The second kappa shape index (κ2) is 14.1. The maximum Gasteiger partial charge on any atom is 0.119 e. The molecule has 122 valence electrons. The Morgan fingerprint density at radius 1 is 1.05 bits per heavy atom. The van der Waals surface area contributed by atoms with Gasteiger partial charge in [0.25, 0.3) is 0 Å². The summed E-state index contributed by atoms with van der Waals surface area (Å²) in [5, 5.41) is 12.1. The first-order chi connectivity index (χ1) is 9.86. The molecule has 0 bridgehead atoms. The molecule has 0 saturated heterocycles. The predicted molar refractivity (Wildman–Crippen MR) is 88.3 cm³/mol. The quantitative estimate of drug-likeness (QED) is 0.582. The van der Waals surface area contributed by atoms with Crippen molar-refractivity contribution in [2.75, 3.05) is 33.0 Å². The van der Waals surface area contributed by atoms with Crippen LogP contribution in [-0.2, 0) is 11.3 Å². The highest BCUT2D eigenvalue weighted by molar-refractivity contribution is 5.85. The maximum atomic E-state index is 8.67. The number of aliphatic hydroxyl groups is 1. The maximum absolute atomic E-state index is 8.67. The highest BCUT2D eigenvalue weighted by Crippen LogP contribution is 2.11. The molecule has 1 rings (SSSR count). The molecule has 4 nitrogen and oxygen atoms in total. The molecule has 0 heterocycles. The standard InChI is InChI=1S/C16H27NO3.ClH/c1-2-3-11-19-12-4-9-17-14-15-5-7-16(8-6-15)20-13-10-18;/h5-8,17-18H,2-4,9-14H2,1H3;1H. The SMILES string of the molecule is CCCCOCCCNCc1ccc(OCCO)cc1.Cl. The second-order valence-electron chi connectivity index (χ2n) is 4.71. The molecule has 0 saturated carbocycles. The van der Waals surface area contributed by atoms with E-state index in [0.29, 0.717) is 6.61 Å². The molecule has 0 unspecified atom stereocenters. The Hall–Kier alpha value is -0.810. The van der Waals surface area contributed by atoms with Gasteiger partial charge in [-0.05, 0) is 37.1 Å². The molecular weight excluding hydrogens is 290 g/mol. The van der Waals surface area contributed by atoms with Crippen LogP contribution in [0.15, 0.2) is 24.3 Å². The third kappa shape index (κ3) is 10.5. The number of rotatable bonds is 12. The van der Waals surface area contributed by atoms with Crippen molar-refractivity contribution in [2.45, 2.75) is 32.7 Å². The van der Waals surface area contributed by atoms with Crippen molar-refractivity contribution in [3.63, 3.8) is 0 Å². The molecule has 0 aromatic heterocycles. The molecule has 21 heavy (non-hydrogen) atoms. The van der Waals surface area contributed by atoms with Gasteiger partial charge < -0.3 is 19.9 Å². The lowest BCUT2D eigenvalue weighted by Crippen LogP contribution is -2.16. The molecule has 0 radical (unpaired) electrons. The Balaban J connectivity index is 0.00000400. The largest absolute Gasteiger partial charge is 0.491 e. The summed E-state index contributed by atoms with van der Waals surface area (Å²) in [5.74, 6) is 0.798. The monoisotopic (exact) mass is 317 g/mol. The summed E-state index contributed by atoms with van der Waals surface area (Å²) < 4.78 is 10.8. The zero-order chi connectivity index (χ0) is 14.5. The van der Waals surface area contributed by atoms with Crippen molar-refractivity contribution in [1.29, 1.82) is 0 Å². The number of nitrogens with one attached hydrogen (secondary N) is 1. The van der Waals surface area contributed by atoms with E-state index in [0.717, 1.165) is 44.9 Å². The number of halogens is 1. The van der Waals surface area contributed by atoms with Gasteiger partial charge in [-0.15, -0.1) is 12.4 Å². The zero-order valence-corrected chi connectivity index (χ0v) is 13.7. The van der Waals surface area contributed by atoms with E-state index in [4.69, 9.17) is 14.6 Å². The van der Waals surface area contributed by atoms with Crippen LogP contribution in [0.5, 0.6) is 5.75 Å². The van der Waals surface area contributed by atoms with E-state index in [9.17, 15) is 0 Å². The summed E-state index contributed by atoms with van der Waals surface area (Å²) in [7, 11) is 0. The zero-order valence-electron chi connectivity index (χ0n) is 12.8. The van der Waals surface area contributed by atoms with Gasteiger partial charge >= 0.3 is 0 Å². The van der Waals surface area contributed by atoms with Gasteiger partial charge in [0.1, 0.15) is 12.4 Å². The number of hydrogen-bond donors (Lipinski definition) is 2. The van der Waals surface area contributed by atoms with E-state index in [-0.39, 0.29) is 19.0 Å². The first-order valence-electron chi connectivity index (χ1n) is 7.48. The smallest absolute Gasteiger partial charge is 0.119 e. The van der Waals surface area contributed by atoms with E-state index in [1.165, 1.54) is 12.0 Å². The third-order valence-corrected chi connectivity index (χ3v) is 2.90. The first kappa shape index (κ1) is 20.2. The Labute approximate surface area is 134 Å². The molecule has 0 spiro atoms. The van der Waals surface area contributed by atoms with E-state index in [1.54, 1.807) is 0 Å². The highest BCUT2D eigenvalue weighted by atomic mass is 35.5. The van der Waals surface area contributed by atoms with Gasteiger partial charge in [0, 0.05) is 19.8 Å². The number of ether oxygens (including phenoxy) is 2. The van der Waals surface area contributed by atoms with Gasteiger partial charge in [-0.25, -0.2) is 0 Å². The van der Waals surface area contributed by atoms with Gasteiger partial charge in [-0.3, -0.25) is 0 Å². The van der Waals surface area contributed by atoms with Gasteiger partial charge in [-0.2, -0.15) is 0 Å². The van der Waals surface area contributed by atoms with Crippen LogP contribution in [0.3, 0.4) is 0 Å². The van der Waals surface area contributed by atoms with Gasteiger partial charge in [0.15, 0.2) is 0 Å².